The van der Waals surface area contributed by atoms with Crippen molar-refractivity contribution in [1.82, 2.24) is 0 Å². The Morgan fingerprint density at radius 3 is 2.53 bits per heavy atom. The van der Waals surface area contributed by atoms with E-state index in [1.165, 1.54) is 0 Å². The first-order valence-electron chi connectivity index (χ1n) is 6.20. The number of hydrogen-bond donors (Lipinski definition) is 0. The molecule has 3 atom stereocenters. The fourth-order valence-corrected chi connectivity index (χ4v) is 2.48. The Hall–Kier alpha value is -1.42. The first-order chi connectivity index (χ1) is 9.15. The van der Waals surface area contributed by atoms with E-state index in [4.69, 9.17) is 4.74 Å². The van der Waals surface area contributed by atoms with Crippen LogP contribution in [0.3, 0.4) is 0 Å². The molecule has 19 heavy (non-hydrogen) atoms. The van der Waals surface area contributed by atoms with Crippen molar-refractivity contribution in [3.05, 3.63) is 47.0 Å². The first-order valence-corrected chi connectivity index (χ1v) is 6.99. The maximum atomic E-state index is 12.0. The van der Waals surface area contributed by atoms with Gasteiger partial charge in [-0.05, 0) is 37.1 Å². The van der Waals surface area contributed by atoms with E-state index in [-0.39, 0.29) is 23.9 Å². The molecule has 1 aromatic carbocycles. The summed E-state index contributed by atoms with van der Waals surface area (Å²) in [5, 5.41) is 0. The summed E-state index contributed by atoms with van der Waals surface area (Å²) in [4.78, 5) is 22.8. The van der Waals surface area contributed by atoms with Gasteiger partial charge in [0, 0.05) is 16.3 Å². The summed E-state index contributed by atoms with van der Waals surface area (Å²) in [7, 11) is 0. The standard InChI is InChI=1S/C15H15BrO3/c1-2-14(13-8-5-11(13)9-17)19-15(18)10-3-6-12(16)7-4-10/h2-4,6-7,9,11,13-14H,1,5,8H2/t11-,13+,14-/m0/s1. The molecule has 0 aromatic heterocycles. The van der Waals surface area contributed by atoms with Gasteiger partial charge in [-0.15, -0.1) is 0 Å². The van der Waals surface area contributed by atoms with Gasteiger partial charge in [-0.3, -0.25) is 0 Å². The Kier molecular flexibility index (Phi) is 4.53. The van der Waals surface area contributed by atoms with Crippen LogP contribution in [0.25, 0.3) is 0 Å². The SMILES string of the molecule is C=C[C@H](OC(=O)c1ccc(Br)cc1)[C@@H]1CC[C@H]1C=O. The van der Waals surface area contributed by atoms with Gasteiger partial charge >= 0.3 is 5.97 Å². The lowest BCUT2D eigenvalue weighted by Crippen LogP contribution is -2.38. The maximum Gasteiger partial charge on any atom is 0.338 e. The molecule has 0 saturated heterocycles. The number of ether oxygens (including phenoxy) is 1. The molecule has 1 saturated carbocycles. The van der Waals surface area contributed by atoms with Gasteiger partial charge in [0.05, 0.1) is 5.56 Å². The lowest BCUT2D eigenvalue weighted by Gasteiger charge is -2.36. The molecule has 1 fully saturated rings. The second-order valence-electron chi connectivity index (χ2n) is 4.65. The fourth-order valence-electron chi connectivity index (χ4n) is 2.22. The molecular formula is C15H15BrO3. The molecule has 0 heterocycles. The predicted molar refractivity (Wildman–Crippen MR) is 75.8 cm³/mol. The number of benzene rings is 1. The number of esters is 1. The van der Waals surface area contributed by atoms with Gasteiger partial charge < -0.3 is 9.53 Å². The van der Waals surface area contributed by atoms with Gasteiger partial charge in [-0.2, -0.15) is 0 Å². The molecule has 4 heteroatoms. The summed E-state index contributed by atoms with van der Waals surface area (Å²) in [5.41, 5.74) is 0.497. The lowest BCUT2D eigenvalue weighted by atomic mass is 9.71. The van der Waals surface area contributed by atoms with Crippen molar-refractivity contribution in [3.63, 3.8) is 0 Å². The Bertz CT molecular complexity index is 481. The molecule has 0 aliphatic heterocycles. The predicted octanol–water partition coefficient (Wildman–Crippen LogP) is 3.39. The van der Waals surface area contributed by atoms with E-state index in [1.807, 2.05) is 0 Å². The summed E-state index contributed by atoms with van der Waals surface area (Å²) in [6.45, 7) is 3.69. The maximum absolute atomic E-state index is 12.0. The van der Waals surface area contributed by atoms with E-state index < -0.39 is 0 Å². The number of carbonyl (C=O) groups excluding carboxylic acids is 2. The molecule has 2 rings (SSSR count). The number of halogens is 1. The van der Waals surface area contributed by atoms with Crippen LogP contribution in [0.1, 0.15) is 23.2 Å². The van der Waals surface area contributed by atoms with E-state index in [9.17, 15) is 9.59 Å². The van der Waals surface area contributed by atoms with Crippen LogP contribution in [-0.4, -0.2) is 18.4 Å². The van der Waals surface area contributed by atoms with Crippen molar-refractivity contribution in [1.29, 1.82) is 0 Å². The molecule has 3 nitrogen and oxygen atoms in total. The average Bonchev–Trinajstić information content (AvgIpc) is 2.37. The minimum absolute atomic E-state index is 0.0132. The fraction of sp³-hybridized carbons (Fsp3) is 0.333. The Labute approximate surface area is 120 Å². The van der Waals surface area contributed by atoms with Gasteiger partial charge in [0.15, 0.2) is 0 Å². The molecule has 0 bridgehead atoms. The number of hydrogen-bond acceptors (Lipinski definition) is 3. The van der Waals surface area contributed by atoms with Crippen LogP contribution in [0.4, 0.5) is 0 Å². The van der Waals surface area contributed by atoms with E-state index in [0.29, 0.717) is 5.56 Å². The van der Waals surface area contributed by atoms with Crippen LogP contribution in [0.15, 0.2) is 41.4 Å². The van der Waals surface area contributed by atoms with Crippen molar-refractivity contribution in [2.75, 3.05) is 0 Å². The molecular weight excluding hydrogens is 308 g/mol. The molecule has 0 N–H and O–H groups in total. The highest BCUT2D eigenvalue weighted by Gasteiger charge is 2.37. The molecule has 1 aromatic rings. The van der Waals surface area contributed by atoms with Crippen LogP contribution >= 0.6 is 15.9 Å². The lowest BCUT2D eigenvalue weighted by molar-refractivity contribution is -0.118. The molecule has 0 amide bonds. The summed E-state index contributed by atoms with van der Waals surface area (Å²) >= 11 is 3.31. The third-order valence-electron chi connectivity index (χ3n) is 3.54. The molecule has 0 radical (unpaired) electrons. The van der Waals surface area contributed by atoms with Crippen molar-refractivity contribution in [2.24, 2.45) is 11.8 Å². The van der Waals surface area contributed by atoms with E-state index in [1.54, 1.807) is 30.3 Å². The van der Waals surface area contributed by atoms with Crippen LogP contribution in [0.5, 0.6) is 0 Å². The molecule has 1 aliphatic carbocycles. The summed E-state index contributed by atoms with van der Waals surface area (Å²) < 4.78 is 6.34. The highest BCUT2D eigenvalue weighted by molar-refractivity contribution is 9.10. The monoisotopic (exact) mass is 322 g/mol. The third-order valence-corrected chi connectivity index (χ3v) is 4.06. The normalized spacial score (nSPS) is 23.0. The van der Waals surface area contributed by atoms with Gasteiger partial charge in [0.1, 0.15) is 12.4 Å². The van der Waals surface area contributed by atoms with Crippen molar-refractivity contribution in [2.45, 2.75) is 18.9 Å². The number of carbonyl (C=O) groups is 2. The minimum Gasteiger partial charge on any atom is -0.454 e. The quantitative estimate of drug-likeness (QED) is 0.474. The summed E-state index contributed by atoms with van der Waals surface area (Å²) in [5.74, 6) is -0.316. The molecule has 0 unspecified atom stereocenters. The Balaban J connectivity index is 2.02. The first kappa shape index (κ1) is 14.0. The van der Waals surface area contributed by atoms with Gasteiger partial charge in [0.2, 0.25) is 0 Å². The van der Waals surface area contributed by atoms with Crippen LogP contribution in [0.2, 0.25) is 0 Å². The zero-order valence-corrected chi connectivity index (χ0v) is 12.0. The van der Waals surface area contributed by atoms with Crippen LogP contribution in [-0.2, 0) is 9.53 Å². The highest BCUT2D eigenvalue weighted by atomic mass is 79.9. The Morgan fingerprint density at radius 2 is 2.05 bits per heavy atom. The largest absolute Gasteiger partial charge is 0.454 e. The van der Waals surface area contributed by atoms with Crippen molar-refractivity contribution < 1.29 is 14.3 Å². The number of aldehydes is 1. The molecule has 0 spiro atoms. The average molecular weight is 323 g/mol. The smallest absolute Gasteiger partial charge is 0.338 e. The minimum atomic E-state index is -0.389. The zero-order valence-electron chi connectivity index (χ0n) is 10.4. The second kappa shape index (κ2) is 6.15. The van der Waals surface area contributed by atoms with E-state index >= 15 is 0 Å². The van der Waals surface area contributed by atoms with Gasteiger partial charge in [-0.25, -0.2) is 4.79 Å². The van der Waals surface area contributed by atoms with Gasteiger partial charge in [0.25, 0.3) is 0 Å². The van der Waals surface area contributed by atoms with Crippen molar-refractivity contribution >= 4 is 28.2 Å². The topological polar surface area (TPSA) is 43.4 Å². The highest BCUT2D eigenvalue weighted by Crippen LogP contribution is 2.37. The second-order valence-corrected chi connectivity index (χ2v) is 5.57. The summed E-state index contributed by atoms with van der Waals surface area (Å²) in [6.07, 6.45) is 3.93. The van der Waals surface area contributed by atoms with Crippen LogP contribution < -0.4 is 0 Å². The molecule has 1 aliphatic rings. The van der Waals surface area contributed by atoms with E-state index in [0.717, 1.165) is 23.6 Å². The molecule has 100 valence electrons. The summed E-state index contributed by atoms with van der Waals surface area (Å²) in [6, 6.07) is 6.98. The Morgan fingerprint density at radius 1 is 1.37 bits per heavy atom. The van der Waals surface area contributed by atoms with Gasteiger partial charge in [-0.1, -0.05) is 28.6 Å². The number of rotatable bonds is 5. The van der Waals surface area contributed by atoms with Crippen LogP contribution in [0, 0.1) is 11.8 Å². The van der Waals surface area contributed by atoms with E-state index in [2.05, 4.69) is 22.5 Å². The van der Waals surface area contributed by atoms with Crippen molar-refractivity contribution in [3.8, 4) is 0 Å². The third kappa shape index (κ3) is 3.13. The zero-order chi connectivity index (χ0) is 13.8.